The van der Waals surface area contributed by atoms with Gasteiger partial charge in [-0.15, -0.1) is 0 Å². The van der Waals surface area contributed by atoms with E-state index >= 15 is 0 Å². The van der Waals surface area contributed by atoms with Crippen LogP contribution in [-0.4, -0.2) is 39.3 Å². The number of halogens is 2. The van der Waals surface area contributed by atoms with E-state index in [-0.39, 0.29) is 16.5 Å². The summed E-state index contributed by atoms with van der Waals surface area (Å²) in [6.07, 6.45) is 3.27. The number of amides is 1. The molecular weight excluding hydrogens is 435 g/mol. The molecule has 29 heavy (non-hydrogen) atoms. The van der Waals surface area contributed by atoms with E-state index in [1.54, 1.807) is 11.5 Å². The van der Waals surface area contributed by atoms with E-state index < -0.39 is 18.5 Å². The number of rotatable bonds is 6. The van der Waals surface area contributed by atoms with E-state index in [9.17, 15) is 9.59 Å². The minimum atomic E-state index is -0.678. The second-order valence-corrected chi connectivity index (χ2v) is 7.40. The summed E-state index contributed by atoms with van der Waals surface area (Å²) < 4.78 is 6.83. The van der Waals surface area contributed by atoms with Crippen LogP contribution in [0.2, 0.25) is 10.0 Å². The quantitative estimate of drug-likeness (QED) is 0.442. The highest BCUT2D eigenvalue weighted by Gasteiger charge is 2.20. The van der Waals surface area contributed by atoms with Gasteiger partial charge in [-0.2, -0.15) is 0 Å². The molecule has 0 fully saturated rings. The third kappa shape index (κ3) is 4.90. The number of aryl methyl sites for hydroxylation is 1. The van der Waals surface area contributed by atoms with E-state index in [1.165, 1.54) is 24.0 Å². The van der Waals surface area contributed by atoms with Crippen LogP contribution in [0.1, 0.15) is 16.2 Å². The Hall–Kier alpha value is -2.55. The van der Waals surface area contributed by atoms with Crippen LogP contribution in [0.5, 0.6) is 0 Å². The summed E-state index contributed by atoms with van der Waals surface area (Å²) in [4.78, 5) is 33.1. The van der Waals surface area contributed by atoms with Crippen molar-refractivity contribution in [1.29, 1.82) is 0 Å². The summed E-state index contributed by atoms with van der Waals surface area (Å²) in [7, 11) is 0. The third-order valence-corrected chi connectivity index (χ3v) is 5.16. The number of pyridine rings is 1. The highest BCUT2D eigenvalue weighted by Crippen LogP contribution is 2.25. The number of hydrogen-bond acceptors (Lipinski definition) is 6. The van der Waals surface area contributed by atoms with Gasteiger partial charge in [-0.1, -0.05) is 53.2 Å². The molecule has 2 heterocycles. The first-order valence-electron chi connectivity index (χ1n) is 8.37. The van der Waals surface area contributed by atoms with Gasteiger partial charge in [-0.05, 0) is 31.4 Å². The van der Waals surface area contributed by atoms with Gasteiger partial charge in [-0.25, -0.2) is 14.8 Å². The number of nitrogens with one attached hydrogen (secondary N) is 1. The summed E-state index contributed by atoms with van der Waals surface area (Å²) in [5, 5.41) is 3.70. The van der Waals surface area contributed by atoms with Crippen LogP contribution in [0.3, 0.4) is 0 Å². The average molecular weight is 451 g/mol. The number of esters is 1. The summed E-state index contributed by atoms with van der Waals surface area (Å²) in [5.41, 5.74) is 1.49. The highest BCUT2D eigenvalue weighted by atomic mass is 35.5. The Kier molecular flexibility index (Phi) is 6.79. The lowest BCUT2D eigenvalue weighted by Gasteiger charge is -2.11. The molecule has 0 aliphatic heterocycles. The number of imidazole rings is 1. The Labute approximate surface area is 181 Å². The normalized spacial score (nSPS) is 10.6. The summed E-state index contributed by atoms with van der Waals surface area (Å²) in [6, 6.07) is 10.8. The molecular formula is C19H16Cl2N4O3S. The van der Waals surface area contributed by atoms with Crippen molar-refractivity contribution in [2.75, 3.05) is 18.2 Å². The summed E-state index contributed by atoms with van der Waals surface area (Å²) in [5.74, 6) is -1.11. The molecule has 0 saturated heterocycles. The largest absolute Gasteiger partial charge is 0.451 e. The van der Waals surface area contributed by atoms with Gasteiger partial charge < -0.3 is 10.1 Å². The van der Waals surface area contributed by atoms with E-state index in [1.807, 2.05) is 36.6 Å². The zero-order valence-electron chi connectivity index (χ0n) is 15.5. The summed E-state index contributed by atoms with van der Waals surface area (Å²) >= 11 is 13.4. The molecule has 1 amide bonds. The van der Waals surface area contributed by atoms with Gasteiger partial charge in [0, 0.05) is 5.69 Å². The topological polar surface area (TPSA) is 86.1 Å². The number of benzene rings is 1. The van der Waals surface area contributed by atoms with Crippen LogP contribution in [0.25, 0.3) is 5.69 Å². The van der Waals surface area contributed by atoms with Crippen molar-refractivity contribution in [2.24, 2.45) is 0 Å². The van der Waals surface area contributed by atoms with E-state index in [0.29, 0.717) is 15.9 Å². The van der Waals surface area contributed by atoms with Crippen molar-refractivity contribution in [3.05, 3.63) is 64.0 Å². The first kappa shape index (κ1) is 21.2. The van der Waals surface area contributed by atoms with Crippen LogP contribution in [0, 0.1) is 6.92 Å². The zero-order chi connectivity index (χ0) is 21.0. The van der Waals surface area contributed by atoms with Gasteiger partial charge in [0.25, 0.3) is 5.91 Å². The Bertz CT molecular complexity index is 1060. The fourth-order valence-electron chi connectivity index (χ4n) is 2.47. The first-order valence-corrected chi connectivity index (χ1v) is 10.4. The lowest BCUT2D eigenvalue weighted by atomic mass is 10.3. The second kappa shape index (κ2) is 9.30. The van der Waals surface area contributed by atoms with Crippen molar-refractivity contribution in [1.82, 2.24) is 14.5 Å². The van der Waals surface area contributed by atoms with Crippen molar-refractivity contribution in [2.45, 2.75) is 12.1 Å². The number of carbonyl (C=O) groups is 2. The number of aromatic nitrogens is 3. The minimum absolute atomic E-state index is 0.147. The molecule has 1 aromatic carbocycles. The van der Waals surface area contributed by atoms with Gasteiger partial charge in [0.2, 0.25) is 0 Å². The number of anilines is 1. The SMILES string of the molecule is CSc1ncc(C(=O)OCC(=O)Nc2nc(C)c(Cl)cc2Cl)n1-c1ccccc1. The van der Waals surface area contributed by atoms with Crippen LogP contribution in [0.4, 0.5) is 5.82 Å². The van der Waals surface area contributed by atoms with Gasteiger partial charge in [0.1, 0.15) is 0 Å². The highest BCUT2D eigenvalue weighted by molar-refractivity contribution is 7.98. The van der Waals surface area contributed by atoms with Gasteiger partial charge >= 0.3 is 5.97 Å². The average Bonchev–Trinajstić information content (AvgIpc) is 3.15. The van der Waals surface area contributed by atoms with Crippen LogP contribution < -0.4 is 5.32 Å². The molecule has 0 spiro atoms. The standard InChI is InChI=1S/C19H16Cl2N4O3S/c1-11-13(20)8-14(21)17(23-11)24-16(26)10-28-18(27)15-9-22-19(29-2)25(15)12-6-4-3-5-7-12/h3-9H,10H2,1-2H3,(H,23,24,26). The molecule has 10 heteroatoms. The van der Waals surface area contributed by atoms with Crippen molar-refractivity contribution in [3.8, 4) is 5.69 Å². The lowest BCUT2D eigenvalue weighted by Crippen LogP contribution is -2.22. The second-order valence-electron chi connectivity index (χ2n) is 5.81. The Balaban J connectivity index is 1.71. The molecule has 0 aliphatic rings. The minimum Gasteiger partial charge on any atom is -0.451 e. The van der Waals surface area contributed by atoms with E-state index in [4.69, 9.17) is 27.9 Å². The van der Waals surface area contributed by atoms with E-state index in [0.717, 1.165) is 5.69 Å². The van der Waals surface area contributed by atoms with Crippen molar-refractivity contribution in [3.63, 3.8) is 0 Å². The number of ether oxygens (including phenoxy) is 1. The van der Waals surface area contributed by atoms with E-state index in [2.05, 4.69) is 15.3 Å². The van der Waals surface area contributed by atoms with Gasteiger partial charge in [0.15, 0.2) is 23.3 Å². The Morgan fingerprint density at radius 2 is 1.93 bits per heavy atom. The van der Waals surface area contributed by atoms with Crippen LogP contribution in [0.15, 0.2) is 47.8 Å². The predicted octanol–water partition coefficient (Wildman–Crippen LogP) is 4.40. The molecule has 1 N–H and O–H groups in total. The predicted molar refractivity (Wildman–Crippen MR) is 113 cm³/mol. The Morgan fingerprint density at radius 3 is 2.62 bits per heavy atom. The molecule has 0 bridgehead atoms. The molecule has 0 radical (unpaired) electrons. The van der Waals surface area contributed by atoms with Gasteiger partial charge in [-0.3, -0.25) is 9.36 Å². The first-order chi connectivity index (χ1) is 13.9. The van der Waals surface area contributed by atoms with Crippen molar-refractivity contribution < 1.29 is 14.3 Å². The molecule has 150 valence electrons. The number of thioether (sulfide) groups is 1. The fraction of sp³-hybridized carbons (Fsp3) is 0.158. The number of hydrogen-bond donors (Lipinski definition) is 1. The van der Waals surface area contributed by atoms with Crippen molar-refractivity contribution >= 4 is 52.7 Å². The maximum absolute atomic E-state index is 12.6. The monoisotopic (exact) mass is 450 g/mol. The number of carbonyl (C=O) groups excluding carboxylic acids is 2. The smallest absolute Gasteiger partial charge is 0.357 e. The molecule has 2 aromatic heterocycles. The molecule has 0 unspecified atom stereocenters. The molecule has 3 rings (SSSR count). The molecule has 0 atom stereocenters. The lowest BCUT2D eigenvalue weighted by molar-refractivity contribution is -0.119. The summed E-state index contributed by atoms with van der Waals surface area (Å²) in [6.45, 7) is 1.18. The molecule has 3 aromatic rings. The maximum Gasteiger partial charge on any atom is 0.357 e. The zero-order valence-corrected chi connectivity index (χ0v) is 17.8. The number of nitrogens with zero attached hydrogens (tertiary/aromatic N) is 3. The fourth-order valence-corrected chi connectivity index (χ4v) is 3.42. The number of para-hydroxylation sites is 1. The molecule has 0 aliphatic carbocycles. The molecule has 7 nitrogen and oxygen atoms in total. The van der Waals surface area contributed by atoms with Crippen LogP contribution >= 0.6 is 35.0 Å². The van der Waals surface area contributed by atoms with Gasteiger partial charge in [0.05, 0.1) is 21.9 Å². The Morgan fingerprint density at radius 1 is 1.21 bits per heavy atom. The third-order valence-electron chi connectivity index (χ3n) is 3.83. The van der Waals surface area contributed by atoms with Crippen LogP contribution in [-0.2, 0) is 9.53 Å². The molecule has 0 saturated carbocycles. The maximum atomic E-state index is 12.6.